The molecule has 3 rings (SSSR count). The van der Waals surface area contributed by atoms with E-state index in [2.05, 4.69) is 42.7 Å². The fourth-order valence-corrected chi connectivity index (χ4v) is 2.24. The number of rotatable bonds is 1. The molecule has 0 aromatic heterocycles. The molecule has 0 unspecified atom stereocenters. The van der Waals surface area contributed by atoms with Gasteiger partial charge in [-0.15, -0.1) is 0 Å². The topological polar surface area (TPSA) is 9.23 Å². The summed E-state index contributed by atoms with van der Waals surface area (Å²) < 4.78 is 5.14. The molecule has 0 N–H and O–H groups in total. The van der Waals surface area contributed by atoms with Crippen LogP contribution in [-0.4, -0.2) is 7.11 Å². The van der Waals surface area contributed by atoms with E-state index in [1.54, 1.807) is 7.11 Å². The first-order valence-corrected chi connectivity index (χ1v) is 8.08. The fraction of sp³-hybridized carbons (Fsp3) is 0.0833. The minimum absolute atomic E-state index is 0.835. The molecule has 1 nitrogen and oxygen atoms in total. The van der Waals surface area contributed by atoms with Crippen molar-refractivity contribution in [2.24, 2.45) is 0 Å². The van der Waals surface area contributed by atoms with Gasteiger partial charge in [-0.2, -0.15) is 0 Å². The van der Waals surface area contributed by atoms with Gasteiger partial charge in [0.2, 0.25) is 0 Å². The summed E-state index contributed by atoms with van der Waals surface area (Å²) in [6.07, 6.45) is 0. The highest BCUT2D eigenvalue weighted by atomic mass is 16.5. The Morgan fingerprint density at radius 3 is 1.20 bits per heavy atom. The Morgan fingerprint density at radius 2 is 0.840 bits per heavy atom. The first-order valence-electron chi connectivity index (χ1n) is 8.08. The molecule has 0 heterocycles. The van der Waals surface area contributed by atoms with Crippen LogP contribution in [0.5, 0.6) is 5.75 Å². The van der Waals surface area contributed by atoms with E-state index < -0.39 is 0 Å². The maximum Gasteiger partial charge on any atom is 0.118 e. The van der Waals surface area contributed by atoms with Crippen LogP contribution in [-0.2, 0) is 0 Å². The van der Waals surface area contributed by atoms with E-state index >= 15 is 0 Å². The zero-order valence-electron chi connectivity index (χ0n) is 14.3. The smallest absolute Gasteiger partial charge is 0.118 e. The molecule has 0 aliphatic heterocycles. The number of methoxy groups -OCH3 is 1. The van der Waals surface area contributed by atoms with Gasteiger partial charge in [-0.25, -0.2) is 0 Å². The summed E-state index contributed by atoms with van der Waals surface area (Å²) in [5.74, 6) is 13.5. The van der Waals surface area contributed by atoms with Crippen LogP contribution in [0.2, 0.25) is 0 Å². The highest BCUT2D eigenvalue weighted by Gasteiger charge is 1.92. The number of hydrogen-bond donors (Lipinski definition) is 0. The first-order chi connectivity index (χ1) is 12.2. The normalized spacial score (nSPS) is 9.36. The average Bonchev–Trinajstić information content (AvgIpc) is 2.67. The summed E-state index contributed by atoms with van der Waals surface area (Å²) in [4.78, 5) is 0. The van der Waals surface area contributed by atoms with Crippen molar-refractivity contribution in [2.75, 3.05) is 7.11 Å². The van der Waals surface area contributed by atoms with Gasteiger partial charge in [-0.3, -0.25) is 0 Å². The summed E-state index contributed by atoms with van der Waals surface area (Å²) in [6, 6.07) is 23.9. The Labute approximate surface area is 149 Å². The third kappa shape index (κ3) is 4.77. The molecule has 120 valence electrons. The van der Waals surface area contributed by atoms with Gasteiger partial charge in [-0.1, -0.05) is 41.4 Å². The van der Waals surface area contributed by atoms with Crippen LogP contribution >= 0.6 is 0 Å². The zero-order valence-corrected chi connectivity index (χ0v) is 14.3. The van der Waals surface area contributed by atoms with E-state index in [-0.39, 0.29) is 0 Å². The second-order valence-corrected chi connectivity index (χ2v) is 5.67. The zero-order chi connectivity index (χ0) is 17.5. The SMILES string of the molecule is COc1ccc(C#Cc2ccc(C#Cc3ccc(C)cc3)cc2)cc1. The predicted octanol–water partition coefficient (Wildman–Crippen LogP) is 4.80. The Balaban J connectivity index is 1.70. The molecule has 0 amide bonds. The summed E-state index contributed by atoms with van der Waals surface area (Å²) in [5.41, 5.74) is 5.18. The monoisotopic (exact) mass is 322 g/mol. The minimum Gasteiger partial charge on any atom is -0.497 e. The van der Waals surface area contributed by atoms with Crippen LogP contribution < -0.4 is 4.74 Å². The van der Waals surface area contributed by atoms with Crippen molar-refractivity contribution in [3.05, 3.63) is 101 Å². The minimum atomic E-state index is 0.835. The average molecular weight is 322 g/mol. The third-order valence-electron chi connectivity index (χ3n) is 3.73. The number of benzene rings is 3. The summed E-state index contributed by atoms with van der Waals surface area (Å²) in [5, 5.41) is 0. The predicted molar refractivity (Wildman–Crippen MR) is 103 cm³/mol. The highest BCUT2D eigenvalue weighted by Crippen LogP contribution is 2.10. The van der Waals surface area contributed by atoms with Gasteiger partial charge in [0.15, 0.2) is 0 Å². The van der Waals surface area contributed by atoms with Crippen molar-refractivity contribution in [3.63, 3.8) is 0 Å². The molecule has 0 aliphatic rings. The molecule has 0 spiro atoms. The molecule has 0 bridgehead atoms. The Hall–Kier alpha value is -3.42. The van der Waals surface area contributed by atoms with Crippen molar-refractivity contribution in [3.8, 4) is 29.4 Å². The summed E-state index contributed by atoms with van der Waals surface area (Å²) in [6.45, 7) is 2.07. The molecule has 1 heteroatoms. The molecule has 0 radical (unpaired) electrons. The van der Waals surface area contributed by atoms with E-state index in [0.717, 1.165) is 28.0 Å². The van der Waals surface area contributed by atoms with Gasteiger partial charge in [-0.05, 0) is 67.6 Å². The molecule has 0 atom stereocenters. The lowest BCUT2D eigenvalue weighted by Gasteiger charge is -1.97. The van der Waals surface area contributed by atoms with Crippen LogP contribution in [0, 0.1) is 30.6 Å². The lowest BCUT2D eigenvalue weighted by atomic mass is 10.1. The highest BCUT2D eigenvalue weighted by molar-refractivity contribution is 5.48. The van der Waals surface area contributed by atoms with Crippen LogP contribution in [0.1, 0.15) is 27.8 Å². The van der Waals surface area contributed by atoms with Gasteiger partial charge in [0, 0.05) is 22.3 Å². The molecular weight excluding hydrogens is 304 g/mol. The lowest BCUT2D eigenvalue weighted by molar-refractivity contribution is 0.415. The van der Waals surface area contributed by atoms with E-state index in [9.17, 15) is 0 Å². The molecule has 3 aromatic carbocycles. The lowest BCUT2D eigenvalue weighted by Crippen LogP contribution is -1.82. The molecule has 3 aromatic rings. The quantitative estimate of drug-likeness (QED) is 0.585. The largest absolute Gasteiger partial charge is 0.497 e. The van der Waals surface area contributed by atoms with Crippen LogP contribution in [0.25, 0.3) is 0 Å². The molecule has 0 saturated carbocycles. The van der Waals surface area contributed by atoms with Crippen LogP contribution in [0.4, 0.5) is 0 Å². The third-order valence-corrected chi connectivity index (χ3v) is 3.73. The van der Waals surface area contributed by atoms with Crippen molar-refractivity contribution >= 4 is 0 Å². The maximum atomic E-state index is 5.14. The molecule has 0 fully saturated rings. The van der Waals surface area contributed by atoms with Crippen LogP contribution in [0.15, 0.2) is 72.8 Å². The van der Waals surface area contributed by atoms with Gasteiger partial charge >= 0.3 is 0 Å². The Bertz CT molecular complexity index is 955. The molecular formula is C24H18O. The number of ether oxygens (including phenoxy) is 1. The second kappa shape index (κ2) is 7.91. The molecule has 25 heavy (non-hydrogen) atoms. The van der Waals surface area contributed by atoms with Gasteiger partial charge in [0.25, 0.3) is 0 Å². The molecule has 0 saturated heterocycles. The Morgan fingerprint density at radius 1 is 0.520 bits per heavy atom. The molecule has 0 aliphatic carbocycles. The van der Waals surface area contributed by atoms with Crippen LogP contribution in [0.3, 0.4) is 0 Å². The van der Waals surface area contributed by atoms with Crippen molar-refractivity contribution in [1.29, 1.82) is 0 Å². The van der Waals surface area contributed by atoms with Gasteiger partial charge in [0.05, 0.1) is 7.11 Å². The van der Waals surface area contributed by atoms with Crippen molar-refractivity contribution < 1.29 is 4.74 Å². The van der Waals surface area contributed by atoms with Crippen molar-refractivity contribution in [1.82, 2.24) is 0 Å². The van der Waals surface area contributed by atoms with E-state index in [1.165, 1.54) is 5.56 Å². The van der Waals surface area contributed by atoms with E-state index in [4.69, 9.17) is 4.74 Å². The van der Waals surface area contributed by atoms with Crippen molar-refractivity contribution in [2.45, 2.75) is 6.92 Å². The summed E-state index contributed by atoms with van der Waals surface area (Å²) >= 11 is 0. The summed E-state index contributed by atoms with van der Waals surface area (Å²) in [7, 11) is 1.66. The van der Waals surface area contributed by atoms with Gasteiger partial charge < -0.3 is 4.74 Å². The number of hydrogen-bond acceptors (Lipinski definition) is 1. The van der Waals surface area contributed by atoms with E-state index in [1.807, 2.05) is 60.7 Å². The first kappa shape index (κ1) is 16.4. The second-order valence-electron chi connectivity index (χ2n) is 5.67. The van der Waals surface area contributed by atoms with E-state index in [0.29, 0.717) is 0 Å². The standard InChI is InChI=1S/C24H18O/c1-19-3-5-20(6-4-19)7-8-21-9-11-22(12-10-21)13-14-23-15-17-24(25-2)18-16-23/h3-6,9-12,15-18H,1-2H3. The van der Waals surface area contributed by atoms with Gasteiger partial charge in [0.1, 0.15) is 5.75 Å². The Kier molecular flexibility index (Phi) is 5.20. The fourth-order valence-electron chi connectivity index (χ4n) is 2.24. The maximum absolute atomic E-state index is 5.14. The number of aryl methyl sites for hydroxylation is 1.